The predicted molar refractivity (Wildman–Crippen MR) is 242 cm³/mol. The van der Waals surface area contributed by atoms with Crippen LogP contribution in [0.2, 0.25) is 0 Å². The van der Waals surface area contributed by atoms with E-state index >= 15 is 0 Å². The van der Waals surface area contributed by atoms with Crippen molar-refractivity contribution in [1.82, 2.24) is 0 Å². The lowest BCUT2D eigenvalue weighted by Crippen LogP contribution is -2.48. The Morgan fingerprint density at radius 1 is 0.414 bits per heavy atom. The lowest BCUT2D eigenvalue weighted by atomic mass is 9.48. The molecule has 58 heavy (non-hydrogen) atoms. The van der Waals surface area contributed by atoms with Gasteiger partial charge in [0.1, 0.15) is 11.2 Å². The van der Waals surface area contributed by atoms with Crippen molar-refractivity contribution in [2.24, 2.45) is 17.8 Å². The topological polar surface area (TPSA) is 16.4 Å². The number of para-hydroxylation sites is 1. The van der Waals surface area contributed by atoms with Gasteiger partial charge in [-0.15, -0.1) is 0 Å². The molecule has 0 amide bonds. The molecule has 2 heteroatoms. The summed E-state index contributed by atoms with van der Waals surface area (Å²) in [5, 5.41) is 4.84. The number of anilines is 3. The van der Waals surface area contributed by atoms with Gasteiger partial charge in [0.2, 0.25) is 0 Å². The molecule has 0 aliphatic heterocycles. The number of hydrogen-bond donors (Lipinski definition) is 0. The van der Waals surface area contributed by atoms with Crippen LogP contribution in [-0.4, -0.2) is 0 Å². The van der Waals surface area contributed by atoms with Crippen molar-refractivity contribution in [1.29, 1.82) is 0 Å². The van der Waals surface area contributed by atoms with Crippen LogP contribution in [0.5, 0.6) is 0 Å². The van der Waals surface area contributed by atoms with Crippen molar-refractivity contribution < 1.29 is 4.42 Å². The zero-order valence-electron chi connectivity index (χ0n) is 32.7. The largest absolute Gasteiger partial charge is 0.456 e. The third-order valence-corrected chi connectivity index (χ3v) is 14.0. The molecular formula is C56H45NO. The van der Waals surface area contributed by atoms with E-state index in [9.17, 15) is 0 Å². The second kappa shape index (κ2) is 13.4. The number of benzene rings is 8. The molecule has 13 rings (SSSR count). The smallest absolute Gasteiger partial charge is 0.135 e. The molecule has 4 fully saturated rings. The minimum atomic E-state index is 0.368. The Bertz CT molecular complexity index is 2930. The number of nitrogens with zero attached hydrogens (tertiary/aromatic N) is 1. The standard InChI is InChI=1S/C56H45NO/c1-2-9-40(10-3-1)49-16-7-11-42-12-8-17-50(55(42)49)41-19-24-46(25-20-41)57(47-26-22-45(23-27-47)56-34-37-29-38(35-56)31-39(30-37)36-56)48-14-6-13-43(32-48)44-21-28-54-52(33-44)51-15-4-5-18-53(51)58-54/h1-28,32-33,37-39H,29-31,34-36H2. The molecule has 4 bridgehead atoms. The van der Waals surface area contributed by atoms with E-state index < -0.39 is 0 Å². The number of hydrogen-bond acceptors (Lipinski definition) is 2. The van der Waals surface area contributed by atoms with Crippen molar-refractivity contribution in [3.63, 3.8) is 0 Å². The minimum absolute atomic E-state index is 0.368. The molecule has 0 radical (unpaired) electrons. The fourth-order valence-corrected chi connectivity index (χ4v) is 11.8. The highest BCUT2D eigenvalue weighted by Gasteiger charge is 2.51. The molecule has 9 aromatic rings. The summed E-state index contributed by atoms with van der Waals surface area (Å²) in [4.78, 5) is 2.45. The van der Waals surface area contributed by atoms with Crippen LogP contribution in [0.1, 0.15) is 44.1 Å². The van der Waals surface area contributed by atoms with Gasteiger partial charge in [-0.05, 0) is 166 Å². The van der Waals surface area contributed by atoms with Crippen LogP contribution >= 0.6 is 0 Å². The molecule has 1 aromatic heterocycles. The Labute approximate surface area is 340 Å². The van der Waals surface area contributed by atoms with Crippen LogP contribution in [0, 0.1) is 17.8 Å². The van der Waals surface area contributed by atoms with Gasteiger partial charge in [0.05, 0.1) is 0 Å². The van der Waals surface area contributed by atoms with Gasteiger partial charge >= 0.3 is 0 Å². The first-order chi connectivity index (χ1) is 28.6. The van der Waals surface area contributed by atoms with Gasteiger partial charge in [-0.25, -0.2) is 0 Å². The molecule has 0 atom stereocenters. The van der Waals surface area contributed by atoms with E-state index in [4.69, 9.17) is 4.42 Å². The van der Waals surface area contributed by atoms with E-state index in [-0.39, 0.29) is 0 Å². The Balaban J connectivity index is 0.959. The van der Waals surface area contributed by atoms with Gasteiger partial charge in [-0.3, -0.25) is 0 Å². The number of rotatable bonds is 7. The summed E-state index contributed by atoms with van der Waals surface area (Å²) in [6.07, 6.45) is 8.53. The Kier molecular flexibility index (Phi) is 7.76. The van der Waals surface area contributed by atoms with Gasteiger partial charge in [0.25, 0.3) is 0 Å². The van der Waals surface area contributed by atoms with Crippen LogP contribution < -0.4 is 4.90 Å². The minimum Gasteiger partial charge on any atom is -0.456 e. The zero-order chi connectivity index (χ0) is 38.2. The molecule has 0 N–H and O–H groups in total. The van der Waals surface area contributed by atoms with Crippen molar-refractivity contribution in [2.75, 3.05) is 4.90 Å². The Morgan fingerprint density at radius 3 is 1.67 bits per heavy atom. The summed E-state index contributed by atoms with van der Waals surface area (Å²) in [6, 6.07) is 67.1. The van der Waals surface area contributed by atoms with Crippen LogP contribution in [-0.2, 0) is 5.41 Å². The molecule has 4 aliphatic carbocycles. The molecule has 2 nitrogen and oxygen atoms in total. The maximum atomic E-state index is 6.19. The molecule has 0 unspecified atom stereocenters. The van der Waals surface area contributed by atoms with E-state index in [0.29, 0.717) is 5.41 Å². The first-order valence-electron chi connectivity index (χ1n) is 21.2. The van der Waals surface area contributed by atoms with E-state index in [1.165, 1.54) is 88.4 Å². The molecule has 4 aliphatic rings. The summed E-state index contributed by atoms with van der Waals surface area (Å²) >= 11 is 0. The van der Waals surface area contributed by atoms with Crippen molar-refractivity contribution in [2.45, 2.75) is 43.9 Å². The quantitative estimate of drug-likeness (QED) is 0.161. The number of fused-ring (bicyclic) bond motifs is 4. The summed E-state index contributed by atoms with van der Waals surface area (Å²) in [6.45, 7) is 0. The van der Waals surface area contributed by atoms with E-state index in [2.05, 4.69) is 181 Å². The van der Waals surface area contributed by atoms with Crippen LogP contribution in [0.15, 0.2) is 186 Å². The molecule has 8 aromatic carbocycles. The van der Waals surface area contributed by atoms with Crippen molar-refractivity contribution in [3.8, 4) is 33.4 Å². The average Bonchev–Trinajstić information content (AvgIpc) is 3.65. The highest BCUT2D eigenvalue weighted by molar-refractivity contribution is 6.07. The average molecular weight is 748 g/mol. The molecular weight excluding hydrogens is 703 g/mol. The van der Waals surface area contributed by atoms with Crippen LogP contribution in [0.4, 0.5) is 17.1 Å². The normalized spacial score (nSPS) is 20.9. The van der Waals surface area contributed by atoms with Gasteiger partial charge < -0.3 is 9.32 Å². The summed E-state index contributed by atoms with van der Waals surface area (Å²) in [7, 11) is 0. The summed E-state index contributed by atoms with van der Waals surface area (Å²) in [5.74, 6) is 2.77. The van der Waals surface area contributed by atoms with Crippen molar-refractivity contribution in [3.05, 3.63) is 188 Å². The summed E-state index contributed by atoms with van der Waals surface area (Å²) in [5.41, 5.74) is 14.6. The maximum absolute atomic E-state index is 6.19. The SMILES string of the molecule is c1ccc(-c2cccc3cccc(-c4ccc(N(c5ccc(C67CC8CC(CC(C8)C6)C7)cc5)c5cccc(-c6ccc7oc8ccccc8c7c6)c5)cc4)c23)cc1. The fourth-order valence-electron chi connectivity index (χ4n) is 11.8. The lowest BCUT2D eigenvalue weighted by molar-refractivity contribution is -0.00518. The van der Waals surface area contributed by atoms with Crippen LogP contribution in [0.25, 0.3) is 66.1 Å². The third-order valence-electron chi connectivity index (χ3n) is 14.0. The molecule has 280 valence electrons. The molecule has 0 spiro atoms. The third kappa shape index (κ3) is 5.61. The Morgan fingerprint density at radius 2 is 0.966 bits per heavy atom. The zero-order valence-corrected chi connectivity index (χ0v) is 32.7. The second-order valence-electron chi connectivity index (χ2n) is 17.6. The van der Waals surface area contributed by atoms with E-state index in [1.54, 1.807) is 5.56 Å². The van der Waals surface area contributed by atoms with Gasteiger partial charge in [-0.1, -0.05) is 127 Å². The van der Waals surface area contributed by atoms with Crippen molar-refractivity contribution >= 4 is 49.8 Å². The van der Waals surface area contributed by atoms with Crippen LogP contribution in [0.3, 0.4) is 0 Å². The first-order valence-corrected chi connectivity index (χ1v) is 21.2. The van der Waals surface area contributed by atoms with Gasteiger partial charge in [0.15, 0.2) is 0 Å². The van der Waals surface area contributed by atoms with E-state index in [1.807, 2.05) is 6.07 Å². The maximum Gasteiger partial charge on any atom is 0.135 e. The van der Waals surface area contributed by atoms with Gasteiger partial charge in [-0.2, -0.15) is 0 Å². The van der Waals surface area contributed by atoms with E-state index in [0.717, 1.165) is 51.1 Å². The van der Waals surface area contributed by atoms with Gasteiger partial charge in [0, 0.05) is 27.8 Å². The monoisotopic (exact) mass is 747 g/mol. The lowest BCUT2D eigenvalue weighted by Gasteiger charge is -2.57. The predicted octanol–water partition coefficient (Wildman–Crippen LogP) is 15.7. The molecule has 1 heterocycles. The first kappa shape index (κ1) is 33.7. The second-order valence-corrected chi connectivity index (χ2v) is 17.6. The molecule has 0 saturated heterocycles. The fraction of sp³-hybridized carbons (Fsp3) is 0.179. The highest BCUT2D eigenvalue weighted by Crippen LogP contribution is 2.61. The summed E-state index contributed by atoms with van der Waals surface area (Å²) < 4.78 is 6.19. The Hall–Kier alpha value is -6.38. The molecule has 4 saturated carbocycles. The highest BCUT2D eigenvalue weighted by atomic mass is 16.3. The number of furan rings is 1.